The van der Waals surface area contributed by atoms with Crippen molar-refractivity contribution in [1.82, 2.24) is 4.98 Å². The zero-order valence-electron chi connectivity index (χ0n) is 19.9. The van der Waals surface area contributed by atoms with Crippen LogP contribution in [-0.4, -0.2) is 30.8 Å². The average Bonchev–Trinajstić information content (AvgIpc) is 3.37. The van der Waals surface area contributed by atoms with Crippen molar-refractivity contribution in [3.8, 4) is 11.5 Å². The molecule has 0 amide bonds. The Morgan fingerprint density at radius 2 is 1.76 bits per heavy atom. The van der Waals surface area contributed by atoms with Crippen LogP contribution in [0.5, 0.6) is 11.5 Å². The highest BCUT2D eigenvalue weighted by Gasteiger charge is 2.20. The third kappa shape index (κ3) is 6.07. The number of ether oxygens (including phenoxy) is 3. The summed E-state index contributed by atoms with van der Waals surface area (Å²) in [6, 6.07) is 18.1. The molecule has 6 nitrogen and oxygen atoms in total. The van der Waals surface area contributed by atoms with E-state index in [1.165, 1.54) is 12.8 Å². The summed E-state index contributed by atoms with van der Waals surface area (Å²) >= 11 is 0. The molecule has 0 spiro atoms. The largest absolute Gasteiger partial charge is 0.493 e. The summed E-state index contributed by atoms with van der Waals surface area (Å²) in [6.07, 6.45) is 8.72. The normalized spacial score (nSPS) is 13.5. The number of anilines is 2. The Bertz CT molecular complexity index is 1060. The zero-order chi connectivity index (χ0) is 23.8. The number of carbonyl (C=O) groups excluding carboxylic acids is 1. The van der Waals surface area contributed by atoms with Gasteiger partial charge in [0, 0.05) is 36.4 Å². The fourth-order valence-corrected chi connectivity index (χ4v) is 4.29. The van der Waals surface area contributed by atoms with Crippen LogP contribution < -0.4 is 14.4 Å². The van der Waals surface area contributed by atoms with Crippen LogP contribution in [0.3, 0.4) is 0 Å². The van der Waals surface area contributed by atoms with Gasteiger partial charge in [-0.2, -0.15) is 0 Å². The third-order valence-electron chi connectivity index (χ3n) is 6.02. The molecule has 0 atom stereocenters. The van der Waals surface area contributed by atoms with E-state index in [9.17, 15) is 4.79 Å². The molecule has 4 rings (SSSR count). The lowest BCUT2D eigenvalue weighted by atomic mass is 10.1. The van der Waals surface area contributed by atoms with Gasteiger partial charge in [-0.1, -0.05) is 18.2 Å². The number of rotatable bonds is 10. The Balaban J connectivity index is 1.64. The molecule has 0 aliphatic heterocycles. The fraction of sp³-hybridized carbons (Fsp3) is 0.357. The minimum atomic E-state index is -0.216. The molecule has 2 aromatic carbocycles. The summed E-state index contributed by atoms with van der Waals surface area (Å²) in [4.78, 5) is 18.4. The van der Waals surface area contributed by atoms with Gasteiger partial charge in [-0.15, -0.1) is 0 Å². The van der Waals surface area contributed by atoms with Gasteiger partial charge in [-0.25, -0.2) is 0 Å². The van der Waals surface area contributed by atoms with E-state index in [0.717, 1.165) is 46.8 Å². The first-order chi connectivity index (χ1) is 16.7. The van der Waals surface area contributed by atoms with Crippen molar-refractivity contribution in [3.05, 3.63) is 78.1 Å². The van der Waals surface area contributed by atoms with Crippen molar-refractivity contribution in [1.29, 1.82) is 0 Å². The van der Waals surface area contributed by atoms with E-state index >= 15 is 0 Å². The van der Waals surface area contributed by atoms with E-state index in [-0.39, 0.29) is 18.5 Å². The maximum atomic E-state index is 11.9. The molecule has 0 radical (unpaired) electrons. The van der Waals surface area contributed by atoms with Crippen LogP contribution in [-0.2, 0) is 22.5 Å². The monoisotopic (exact) mass is 460 g/mol. The molecule has 0 saturated heterocycles. The first-order valence-corrected chi connectivity index (χ1v) is 11.9. The Morgan fingerprint density at radius 3 is 2.44 bits per heavy atom. The molecule has 1 fully saturated rings. The lowest BCUT2D eigenvalue weighted by Crippen LogP contribution is -2.18. The highest BCUT2D eigenvalue weighted by Crippen LogP contribution is 2.37. The molecular weight excluding hydrogens is 428 g/mol. The maximum absolute atomic E-state index is 11.9. The molecule has 6 heteroatoms. The van der Waals surface area contributed by atoms with Crippen LogP contribution >= 0.6 is 0 Å². The summed E-state index contributed by atoms with van der Waals surface area (Å²) in [5, 5.41) is 0. The van der Waals surface area contributed by atoms with Crippen LogP contribution in [0.1, 0.15) is 43.7 Å². The minimum absolute atomic E-state index is 0.216. The van der Waals surface area contributed by atoms with Crippen molar-refractivity contribution in [2.24, 2.45) is 0 Å². The predicted molar refractivity (Wildman–Crippen MR) is 133 cm³/mol. The highest BCUT2D eigenvalue weighted by atomic mass is 16.5. The lowest BCUT2D eigenvalue weighted by Gasteiger charge is -2.27. The summed E-state index contributed by atoms with van der Waals surface area (Å²) < 4.78 is 17.0. The standard InChI is InChI=1S/C28H32N2O4/c1-3-33-28(31)17-21-10-12-23(13-11-21)30(20-22-7-6-16-29-19-22)24-14-15-26(32-2)27(18-24)34-25-8-4-5-9-25/h6-7,10-16,18-19,25H,3-5,8-9,17,20H2,1-2H3. The van der Waals surface area contributed by atoms with Crippen LogP contribution in [0.2, 0.25) is 0 Å². The summed E-state index contributed by atoms with van der Waals surface area (Å²) in [5.41, 5.74) is 4.01. The van der Waals surface area contributed by atoms with Crippen molar-refractivity contribution in [3.63, 3.8) is 0 Å². The van der Waals surface area contributed by atoms with Crippen molar-refractivity contribution in [2.45, 2.75) is 51.7 Å². The Hall–Kier alpha value is -3.54. The molecule has 34 heavy (non-hydrogen) atoms. The fourth-order valence-electron chi connectivity index (χ4n) is 4.29. The number of hydrogen-bond acceptors (Lipinski definition) is 6. The van der Waals surface area contributed by atoms with E-state index < -0.39 is 0 Å². The Morgan fingerprint density at radius 1 is 1.00 bits per heavy atom. The summed E-state index contributed by atoms with van der Waals surface area (Å²) in [6.45, 7) is 2.84. The van der Waals surface area contributed by atoms with Crippen LogP contribution in [0, 0.1) is 0 Å². The molecular formula is C28H32N2O4. The summed E-state index contributed by atoms with van der Waals surface area (Å²) in [7, 11) is 1.67. The van der Waals surface area contributed by atoms with Gasteiger partial charge in [0.2, 0.25) is 0 Å². The van der Waals surface area contributed by atoms with Gasteiger partial charge in [0.25, 0.3) is 0 Å². The maximum Gasteiger partial charge on any atom is 0.310 e. The average molecular weight is 461 g/mol. The number of esters is 1. The highest BCUT2D eigenvalue weighted by molar-refractivity contribution is 5.73. The number of methoxy groups -OCH3 is 1. The molecule has 1 heterocycles. The predicted octanol–water partition coefficient (Wildman–Crippen LogP) is 5.86. The molecule has 1 aliphatic rings. The molecule has 0 bridgehead atoms. The Labute approximate surface area is 201 Å². The molecule has 3 aromatic rings. The second-order valence-corrected chi connectivity index (χ2v) is 8.46. The van der Waals surface area contributed by atoms with Gasteiger partial charge < -0.3 is 19.1 Å². The molecule has 1 aromatic heterocycles. The quantitative estimate of drug-likeness (QED) is 0.354. The first-order valence-electron chi connectivity index (χ1n) is 11.9. The smallest absolute Gasteiger partial charge is 0.310 e. The summed E-state index contributed by atoms with van der Waals surface area (Å²) in [5.74, 6) is 1.29. The number of benzene rings is 2. The van der Waals surface area contributed by atoms with Crippen LogP contribution in [0.4, 0.5) is 11.4 Å². The van der Waals surface area contributed by atoms with Gasteiger partial charge in [0.1, 0.15) is 0 Å². The van der Waals surface area contributed by atoms with Crippen LogP contribution in [0.15, 0.2) is 67.0 Å². The van der Waals surface area contributed by atoms with Crippen molar-refractivity contribution < 1.29 is 19.0 Å². The topological polar surface area (TPSA) is 60.9 Å². The second kappa shape index (κ2) is 11.5. The van der Waals surface area contributed by atoms with Crippen molar-refractivity contribution >= 4 is 17.3 Å². The van der Waals surface area contributed by atoms with Gasteiger partial charge in [0.05, 0.1) is 26.2 Å². The van der Waals surface area contributed by atoms with Gasteiger partial charge in [-0.3, -0.25) is 9.78 Å². The first kappa shape index (κ1) is 23.6. The van der Waals surface area contributed by atoms with Crippen LogP contribution in [0.25, 0.3) is 0 Å². The number of aromatic nitrogens is 1. The van der Waals surface area contributed by atoms with E-state index in [1.807, 2.05) is 55.6 Å². The van der Waals surface area contributed by atoms with Crippen molar-refractivity contribution in [2.75, 3.05) is 18.6 Å². The number of carbonyl (C=O) groups is 1. The van der Waals surface area contributed by atoms with E-state index in [0.29, 0.717) is 13.2 Å². The molecule has 0 unspecified atom stereocenters. The molecule has 1 saturated carbocycles. The van der Waals surface area contributed by atoms with E-state index in [1.54, 1.807) is 13.3 Å². The van der Waals surface area contributed by atoms with E-state index in [2.05, 4.69) is 22.0 Å². The van der Waals surface area contributed by atoms with E-state index in [4.69, 9.17) is 14.2 Å². The Kier molecular flexibility index (Phi) is 8.02. The molecule has 0 N–H and O–H groups in total. The van der Waals surface area contributed by atoms with Gasteiger partial charge in [0.15, 0.2) is 11.5 Å². The molecule has 178 valence electrons. The van der Waals surface area contributed by atoms with Gasteiger partial charge >= 0.3 is 5.97 Å². The number of pyridine rings is 1. The SMILES string of the molecule is CCOC(=O)Cc1ccc(N(Cc2cccnc2)c2ccc(OC)c(OC3CCCC3)c2)cc1. The number of nitrogens with zero attached hydrogens (tertiary/aromatic N) is 2. The third-order valence-corrected chi connectivity index (χ3v) is 6.02. The zero-order valence-corrected chi connectivity index (χ0v) is 19.9. The minimum Gasteiger partial charge on any atom is -0.493 e. The lowest BCUT2D eigenvalue weighted by molar-refractivity contribution is -0.142. The number of hydrogen-bond donors (Lipinski definition) is 0. The second-order valence-electron chi connectivity index (χ2n) is 8.46. The molecule has 1 aliphatic carbocycles. The van der Waals surface area contributed by atoms with Gasteiger partial charge in [-0.05, 0) is 74.1 Å².